The van der Waals surface area contributed by atoms with Crippen LogP contribution in [0.2, 0.25) is 0 Å². The van der Waals surface area contributed by atoms with Crippen LogP contribution in [0.15, 0.2) is 0 Å². The highest BCUT2D eigenvalue weighted by Crippen LogP contribution is 2.30. The zero-order valence-electron chi connectivity index (χ0n) is 13.7. The highest BCUT2D eigenvalue weighted by atomic mass is 35.5. The first-order chi connectivity index (χ1) is 9.58. The summed E-state index contributed by atoms with van der Waals surface area (Å²) >= 11 is 0. The number of nitrogens with two attached hydrogens (primary N) is 1. The molecule has 0 aromatic heterocycles. The Kier molecular flexibility index (Phi) is 8.04. The van der Waals surface area contributed by atoms with Gasteiger partial charge in [0.1, 0.15) is 0 Å². The molecule has 1 aliphatic heterocycles. The average molecular weight is 317 g/mol. The molecule has 0 spiro atoms. The normalized spacial score (nSPS) is 26.8. The SMILES string of the molecule is CC(CC1CCCCC1)C(=O)N1CCCC(C(C)N)C1.Cl. The van der Waals surface area contributed by atoms with Gasteiger partial charge >= 0.3 is 0 Å². The van der Waals surface area contributed by atoms with E-state index >= 15 is 0 Å². The molecule has 1 aliphatic carbocycles. The van der Waals surface area contributed by atoms with E-state index in [2.05, 4.69) is 18.7 Å². The number of carbonyl (C=O) groups is 1. The predicted octanol–water partition coefficient (Wildman–Crippen LogP) is 3.60. The molecule has 0 bridgehead atoms. The maximum atomic E-state index is 12.6. The Morgan fingerprint density at radius 3 is 2.43 bits per heavy atom. The summed E-state index contributed by atoms with van der Waals surface area (Å²) < 4.78 is 0. The van der Waals surface area contributed by atoms with Crippen LogP contribution in [0.3, 0.4) is 0 Å². The molecule has 1 heterocycles. The molecule has 124 valence electrons. The van der Waals surface area contributed by atoms with Crippen LogP contribution in [0.25, 0.3) is 0 Å². The fourth-order valence-electron chi connectivity index (χ4n) is 3.97. The molecule has 1 saturated heterocycles. The minimum atomic E-state index is 0. The Bertz CT molecular complexity index is 316. The number of nitrogens with zero attached hydrogens (tertiary/aromatic N) is 1. The number of amides is 1. The summed E-state index contributed by atoms with van der Waals surface area (Å²) in [5.74, 6) is 1.86. The first-order valence-corrected chi connectivity index (χ1v) is 8.62. The Balaban J connectivity index is 0.00000220. The molecule has 2 fully saturated rings. The highest BCUT2D eigenvalue weighted by molar-refractivity contribution is 5.85. The third-order valence-corrected chi connectivity index (χ3v) is 5.35. The molecule has 3 nitrogen and oxygen atoms in total. The molecule has 2 rings (SSSR count). The summed E-state index contributed by atoms with van der Waals surface area (Å²) in [5, 5.41) is 0. The van der Waals surface area contributed by atoms with E-state index in [0.29, 0.717) is 11.8 Å². The summed E-state index contributed by atoms with van der Waals surface area (Å²) in [7, 11) is 0. The van der Waals surface area contributed by atoms with Gasteiger partial charge in [0.15, 0.2) is 0 Å². The van der Waals surface area contributed by atoms with Crippen LogP contribution in [-0.2, 0) is 4.79 Å². The lowest BCUT2D eigenvalue weighted by Gasteiger charge is -2.36. The Morgan fingerprint density at radius 2 is 1.81 bits per heavy atom. The van der Waals surface area contributed by atoms with E-state index in [1.807, 2.05) is 0 Å². The zero-order chi connectivity index (χ0) is 14.5. The number of carbonyl (C=O) groups excluding carboxylic acids is 1. The fraction of sp³-hybridized carbons (Fsp3) is 0.941. The van der Waals surface area contributed by atoms with Gasteiger partial charge < -0.3 is 10.6 Å². The lowest BCUT2D eigenvalue weighted by molar-refractivity contribution is -0.137. The van der Waals surface area contributed by atoms with E-state index in [9.17, 15) is 4.79 Å². The first-order valence-electron chi connectivity index (χ1n) is 8.62. The van der Waals surface area contributed by atoms with Crippen LogP contribution in [0, 0.1) is 17.8 Å². The average Bonchev–Trinajstić information content (AvgIpc) is 2.47. The summed E-state index contributed by atoms with van der Waals surface area (Å²) in [6.45, 7) is 6.03. The molecule has 1 saturated carbocycles. The van der Waals surface area contributed by atoms with Gasteiger partial charge in [0.2, 0.25) is 5.91 Å². The van der Waals surface area contributed by atoms with Crippen LogP contribution < -0.4 is 5.73 Å². The summed E-state index contributed by atoms with van der Waals surface area (Å²) in [6.07, 6.45) is 10.2. The van der Waals surface area contributed by atoms with Crippen molar-refractivity contribution in [1.29, 1.82) is 0 Å². The molecule has 3 atom stereocenters. The highest BCUT2D eigenvalue weighted by Gasteiger charge is 2.29. The van der Waals surface area contributed by atoms with Gasteiger partial charge in [-0.05, 0) is 38.0 Å². The second-order valence-electron chi connectivity index (χ2n) is 7.19. The molecule has 1 amide bonds. The van der Waals surface area contributed by atoms with Crippen molar-refractivity contribution in [1.82, 2.24) is 4.90 Å². The maximum Gasteiger partial charge on any atom is 0.225 e. The van der Waals surface area contributed by atoms with Gasteiger partial charge in [-0.1, -0.05) is 39.0 Å². The van der Waals surface area contributed by atoms with Crippen molar-refractivity contribution >= 4 is 18.3 Å². The molecule has 3 unspecified atom stereocenters. The van der Waals surface area contributed by atoms with Crippen molar-refractivity contribution in [2.24, 2.45) is 23.5 Å². The fourth-order valence-corrected chi connectivity index (χ4v) is 3.97. The minimum absolute atomic E-state index is 0. The van der Waals surface area contributed by atoms with E-state index in [4.69, 9.17) is 5.73 Å². The number of rotatable bonds is 4. The van der Waals surface area contributed by atoms with Gasteiger partial charge in [-0.3, -0.25) is 4.79 Å². The van der Waals surface area contributed by atoms with Gasteiger partial charge in [-0.25, -0.2) is 0 Å². The van der Waals surface area contributed by atoms with Gasteiger partial charge in [-0.2, -0.15) is 0 Å². The van der Waals surface area contributed by atoms with Crippen LogP contribution in [0.5, 0.6) is 0 Å². The van der Waals surface area contributed by atoms with Crippen molar-refractivity contribution in [3.05, 3.63) is 0 Å². The van der Waals surface area contributed by atoms with Gasteiger partial charge in [0, 0.05) is 25.0 Å². The molecule has 4 heteroatoms. The van der Waals surface area contributed by atoms with E-state index in [1.165, 1.54) is 38.5 Å². The van der Waals surface area contributed by atoms with Crippen LogP contribution in [-0.4, -0.2) is 29.9 Å². The predicted molar refractivity (Wildman–Crippen MR) is 90.6 cm³/mol. The summed E-state index contributed by atoms with van der Waals surface area (Å²) in [6, 6.07) is 0.208. The number of halogens is 1. The minimum Gasteiger partial charge on any atom is -0.342 e. The topological polar surface area (TPSA) is 46.3 Å². The molecule has 21 heavy (non-hydrogen) atoms. The second-order valence-corrected chi connectivity index (χ2v) is 7.19. The zero-order valence-corrected chi connectivity index (χ0v) is 14.5. The molecular formula is C17H33ClN2O. The van der Waals surface area contributed by atoms with Crippen LogP contribution >= 0.6 is 12.4 Å². The van der Waals surface area contributed by atoms with Crippen molar-refractivity contribution in [3.8, 4) is 0 Å². The molecule has 0 radical (unpaired) electrons. The molecule has 0 aromatic rings. The van der Waals surface area contributed by atoms with Crippen molar-refractivity contribution in [2.75, 3.05) is 13.1 Å². The number of piperidine rings is 1. The smallest absolute Gasteiger partial charge is 0.225 e. The molecular weight excluding hydrogens is 284 g/mol. The largest absolute Gasteiger partial charge is 0.342 e. The third kappa shape index (κ3) is 5.45. The number of hydrogen-bond donors (Lipinski definition) is 1. The van der Waals surface area contributed by atoms with Crippen molar-refractivity contribution in [2.45, 2.75) is 71.3 Å². The van der Waals surface area contributed by atoms with Crippen molar-refractivity contribution < 1.29 is 4.79 Å². The van der Waals surface area contributed by atoms with Crippen molar-refractivity contribution in [3.63, 3.8) is 0 Å². The number of likely N-dealkylation sites (tertiary alicyclic amines) is 1. The standard InChI is InChI=1S/C17H32N2O.ClH/c1-13(11-15-7-4-3-5-8-15)17(20)19-10-6-9-16(12-19)14(2)18;/h13-16H,3-12,18H2,1-2H3;1H. The van der Waals surface area contributed by atoms with E-state index in [-0.39, 0.29) is 24.4 Å². The lowest BCUT2D eigenvalue weighted by atomic mass is 9.82. The molecule has 2 aliphatic rings. The molecule has 0 aromatic carbocycles. The van der Waals surface area contributed by atoms with E-state index < -0.39 is 0 Å². The third-order valence-electron chi connectivity index (χ3n) is 5.35. The first kappa shape index (κ1) is 18.8. The van der Waals surface area contributed by atoms with Gasteiger partial charge in [0.25, 0.3) is 0 Å². The number of hydrogen-bond acceptors (Lipinski definition) is 2. The lowest BCUT2D eigenvalue weighted by Crippen LogP contribution is -2.46. The Hall–Kier alpha value is -0.280. The second kappa shape index (κ2) is 8.99. The van der Waals surface area contributed by atoms with Gasteiger partial charge in [0.05, 0.1) is 0 Å². The van der Waals surface area contributed by atoms with Crippen LogP contribution in [0.1, 0.15) is 65.2 Å². The molecule has 2 N–H and O–H groups in total. The monoisotopic (exact) mass is 316 g/mol. The van der Waals surface area contributed by atoms with E-state index in [1.54, 1.807) is 0 Å². The summed E-state index contributed by atoms with van der Waals surface area (Å²) in [4.78, 5) is 14.7. The Labute approximate surface area is 136 Å². The van der Waals surface area contributed by atoms with E-state index in [0.717, 1.165) is 31.8 Å². The van der Waals surface area contributed by atoms with Crippen LogP contribution in [0.4, 0.5) is 0 Å². The Morgan fingerprint density at radius 1 is 1.14 bits per heavy atom. The quantitative estimate of drug-likeness (QED) is 0.861. The van der Waals surface area contributed by atoms with Gasteiger partial charge in [-0.15, -0.1) is 12.4 Å². The maximum absolute atomic E-state index is 12.6. The summed E-state index contributed by atoms with van der Waals surface area (Å²) in [5.41, 5.74) is 6.02.